The zero-order valence-electron chi connectivity index (χ0n) is 9.75. The number of halogens is 1. The molecular formula is C11H15ClN2O2S. The number of carbonyl (C=O) groups excluding carboxylic acids is 1. The molecule has 1 rings (SSSR count). The van der Waals surface area contributed by atoms with Crippen molar-refractivity contribution in [1.82, 2.24) is 5.32 Å². The van der Waals surface area contributed by atoms with Crippen LogP contribution >= 0.6 is 23.8 Å². The molecule has 0 aromatic carbocycles. The first kappa shape index (κ1) is 14.0. The van der Waals surface area contributed by atoms with E-state index in [4.69, 9.17) is 34.0 Å². The molecule has 0 unspecified atom stereocenters. The summed E-state index contributed by atoms with van der Waals surface area (Å²) in [5.41, 5.74) is 5.01. The van der Waals surface area contributed by atoms with Crippen molar-refractivity contribution >= 4 is 34.7 Å². The molecule has 0 aliphatic carbocycles. The van der Waals surface area contributed by atoms with Crippen LogP contribution in [0, 0.1) is 0 Å². The maximum Gasteiger partial charge on any atom is 0.287 e. The van der Waals surface area contributed by atoms with E-state index >= 15 is 0 Å². The van der Waals surface area contributed by atoms with Gasteiger partial charge in [-0.2, -0.15) is 0 Å². The van der Waals surface area contributed by atoms with Crippen molar-refractivity contribution in [1.29, 1.82) is 0 Å². The van der Waals surface area contributed by atoms with Crippen molar-refractivity contribution < 1.29 is 9.21 Å². The van der Waals surface area contributed by atoms with E-state index in [9.17, 15) is 4.79 Å². The average molecular weight is 275 g/mol. The van der Waals surface area contributed by atoms with Crippen LogP contribution in [0.3, 0.4) is 0 Å². The third-order valence-electron chi connectivity index (χ3n) is 2.83. The first-order valence-corrected chi connectivity index (χ1v) is 6.11. The molecule has 1 heterocycles. The molecule has 0 aliphatic heterocycles. The van der Waals surface area contributed by atoms with Crippen molar-refractivity contribution in [3.8, 4) is 0 Å². The number of furan rings is 1. The maximum atomic E-state index is 11.9. The monoisotopic (exact) mass is 274 g/mol. The van der Waals surface area contributed by atoms with E-state index in [1.807, 2.05) is 13.8 Å². The van der Waals surface area contributed by atoms with E-state index < -0.39 is 5.54 Å². The maximum absolute atomic E-state index is 11.9. The summed E-state index contributed by atoms with van der Waals surface area (Å²) in [6.07, 6.45) is 1.25. The van der Waals surface area contributed by atoms with Gasteiger partial charge in [-0.1, -0.05) is 26.1 Å². The van der Waals surface area contributed by atoms with Gasteiger partial charge in [0.05, 0.1) is 10.5 Å². The Morgan fingerprint density at radius 1 is 1.53 bits per heavy atom. The van der Waals surface area contributed by atoms with E-state index in [-0.39, 0.29) is 21.9 Å². The summed E-state index contributed by atoms with van der Waals surface area (Å²) in [5.74, 6) is -0.217. The molecule has 6 heteroatoms. The third-order valence-corrected chi connectivity index (χ3v) is 3.42. The van der Waals surface area contributed by atoms with Gasteiger partial charge in [0.15, 0.2) is 11.0 Å². The Morgan fingerprint density at radius 3 is 2.47 bits per heavy atom. The van der Waals surface area contributed by atoms with Gasteiger partial charge >= 0.3 is 0 Å². The van der Waals surface area contributed by atoms with Crippen molar-refractivity contribution in [2.24, 2.45) is 5.73 Å². The highest BCUT2D eigenvalue weighted by atomic mass is 35.5. The van der Waals surface area contributed by atoms with E-state index in [0.717, 1.165) is 0 Å². The Balaban J connectivity index is 2.88. The molecule has 0 spiro atoms. The van der Waals surface area contributed by atoms with Crippen molar-refractivity contribution in [3.05, 3.63) is 23.1 Å². The normalized spacial score (nSPS) is 11.2. The minimum atomic E-state index is -0.675. The predicted octanol–water partition coefficient (Wildman–Crippen LogP) is 2.51. The molecule has 0 aliphatic rings. The lowest BCUT2D eigenvalue weighted by atomic mass is 9.92. The summed E-state index contributed by atoms with van der Waals surface area (Å²) >= 11 is 10.6. The first-order chi connectivity index (χ1) is 7.95. The van der Waals surface area contributed by atoms with Crippen molar-refractivity contribution in [3.63, 3.8) is 0 Å². The standard InChI is InChI=1S/C11H15ClN2O2S/c1-3-11(4-2,10(13)17)14-9(15)7-5-6-8(12)16-7/h5-6H,3-4H2,1-2H3,(H2,13,17)(H,14,15). The van der Waals surface area contributed by atoms with Gasteiger partial charge < -0.3 is 15.5 Å². The number of hydrogen-bond acceptors (Lipinski definition) is 3. The van der Waals surface area contributed by atoms with Crippen LogP contribution in [-0.4, -0.2) is 16.4 Å². The van der Waals surface area contributed by atoms with Crippen LogP contribution in [0.2, 0.25) is 5.22 Å². The lowest BCUT2D eigenvalue weighted by Crippen LogP contribution is -2.55. The number of nitrogens with one attached hydrogen (secondary N) is 1. The van der Waals surface area contributed by atoms with Crippen LogP contribution < -0.4 is 11.1 Å². The van der Waals surface area contributed by atoms with E-state index in [0.29, 0.717) is 12.8 Å². The Kier molecular flexibility index (Phi) is 4.54. The van der Waals surface area contributed by atoms with Gasteiger partial charge in [-0.25, -0.2) is 0 Å². The van der Waals surface area contributed by atoms with Gasteiger partial charge in [0.2, 0.25) is 0 Å². The molecule has 0 saturated heterocycles. The Bertz CT molecular complexity index is 427. The molecule has 0 saturated carbocycles. The highest BCUT2D eigenvalue weighted by Crippen LogP contribution is 2.18. The molecule has 0 fully saturated rings. The third kappa shape index (κ3) is 2.98. The fourth-order valence-electron chi connectivity index (χ4n) is 1.55. The van der Waals surface area contributed by atoms with Crippen LogP contribution in [0.4, 0.5) is 0 Å². The van der Waals surface area contributed by atoms with Crippen molar-refractivity contribution in [2.45, 2.75) is 32.2 Å². The second-order valence-corrected chi connectivity index (χ2v) is 4.52. The SMILES string of the molecule is CCC(CC)(NC(=O)c1ccc(Cl)o1)C(N)=S. The number of rotatable bonds is 5. The number of hydrogen-bond donors (Lipinski definition) is 2. The van der Waals surface area contributed by atoms with E-state index in [1.54, 1.807) is 0 Å². The number of amides is 1. The Hall–Kier alpha value is -1.07. The molecule has 94 valence electrons. The molecule has 0 atom stereocenters. The van der Waals surface area contributed by atoms with Gasteiger partial charge in [-0.05, 0) is 36.6 Å². The van der Waals surface area contributed by atoms with Gasteiger partial charge in [0.1, 0.15) is 0 Å². The molecule has 1 aromatic rings. The largest absolute Gasteiger partial charge is 0.440 e. The van der Waals surface area contributed by atoms with Crippen LogP contribution in [0.5, 0.6) is 0 Å². The summed E-state index contributed by atoms with van der Waals surface area (Å²) in [4.78, 5) is 12.2. The smallest absolute Gasteiger partial charge is 0.287 e. The molecule has 17 heavy (non-hydrogen) atoms. The lowest BCUT2D eigenvalue weighted by molar-refractivity contribution is 0.0891. The highest BCUT2D eigenvalue weighted by Gasteiger charge is 2.32. The lowest BCUT2D eigenvalue weighted by Gasteiger charge is -2.31. The van der Waals surface area contributed by atoms with Crippen LogP contribution in [-0.2, 0) is 0 Å². The fourth-order valence-corrected chi connectivity index (χ4v) is 2.04. The van der Waals surface area contributed by atoms with Gasteiger partial charge in [0.25, 0.3) is 5.91 Å². The molecule has 4 nitrogen and oxygen atoms in total. The molecule has 3 N–H and O–H groups in total. The predicted molar refractivity (Wildman–Crippen MR) is 71.3 cm³/mol. The van der Waals surface area contributed by atoms with Gasteiger partial charge in [-0.3, -0.25) is 4.79 Å². The van der Waals surface area contributed by atoms with Crippen LogP contribution in [0.25, 0.3) is 0 Å². The first-order valence-electron chi connectivity index (χ1n) is 5.33. The quantitative estimate of drug-likeness (QED) is 0.810. The summed E-state index contributed by atoms with van der Waals surface area (Å²) in [6.45, 7) is 3.83. The zero-order valence-corrected chi connectivity index (χ0v) is 11.3. The van der Waals surface area contributed by atoms with Gasteiger partial charge in [0, 0.05) is 0 Å². The van der Waals surface area contributed by atoms with Crippen LogP contribution in [0.1, 0.15) is 37.2 Å². The minimum Gasteiger partial charge on any atom is -0.440 e. The molecule has 0 radical (unpaired) electrons. The summed E-state index contributed by atoms with van der Waals surface area (Å²) in [7, 11) is 0. The zero-order chi connectivity index (χ0) is 13.1. The molecule has 1 amide bonds. The highest BCUT2D eigenvalue weighted by molar-refractivity contribution is 7.80. The minimum absolute atomic E-state index is 0.150. The van der Waals surface area contributed by atoms with Crippen molar-refractivity contribution in [2.75, 3.05) is 0 Å². The fraction of sp³-hybridized carbons (Fsp3) is 0.455. The average Bonchev–Trinajstić information content (AvgIpc) is 2.72. The second kappa shape index (κ2) is 5.51. The molecule has 1 aromatic heterocycles. The summed E-state index contributed by atoms with van der Waals surface area (Å²) in [6, 6.07) is 3.02. The second-order valence-electron chi connectivity index (χ2n) is 3.71. The topological polar surface area (TPSA) is 68.3 Å². The number of carbonyl (C=O) groups is 1. The van der Waals surface area contributed by atoms with Gasteiger partial charge in [-0.15, -0.1) is 0 Å². The summed E-state index contributed by atoms with van der Waals surface area (Å²) in [5, 5.41) is 2.97. The molecular weight excluding hydrogens is 260 g/mol. The number of thiocarbonyl (C=S) groups is 1. The Labute approximate surface area is 110 Å². The Morgan fingerprint density at radius 2 is 2.12 bits per heavy atom. The van der Waals surface area contributed by atoms with E-state index in [1.165, 1.54) is 12.1 Å². The number of nitrogens with two attached hydrogens (primary N) is 1. The summed E-state index contributed by atoms with van der Waals surface area (Å²) < 4.78 is 5.03. The molecule has 0 bridgehead atoms. The van der Waals surface area contributed by atoms with Crippen LogP contribution in [0.15, 0.2) is 16.5 Å². The van der Waals surface area contributed by atoms with E-state index in [2.05, 4.69) is 5.32 Å².